The largest absolute Gasteiger partial charge is 0.397 e. The normalized spacial score (nSPS) is 10.9. The fraction of sp³-hybridized carbons (Fsp3) is 0.696. The van der Waals surface area contributed by atoms with E-state index in [4.69, 9.17) is 11.5 Å². The van der Waals surface area contributed by atoms with Crippen molar-refractivity contribution in [2.75, 3.05) is 18.0 Å². The molecule has 1 amide bonds. The van der Waals surface area contributed by atoms with Crippen molar-refractivity contribution in [1.82, 2.24) is 5.32 Å². The average Bonchev–Trinajstić information content (AvgIpc) is 2.67. The van der Waals surface area contributed by atoms with Gasteiger partial charge in [0.15, 0.2) is 0 Å². The van der Waals surface area contributed by atoms with Gasteiger partial charge < -0.3 is 16.8 Å². The van der Waals surface area contributed by atoms with E-state index in [2.05, 4.69) is 12.2 Å². The number of carbonyl (C=O) groups excluding carboxylic acids is 1. The van der Waals surface area contributed by atoms with Crippen molar-refractivity contribution in [3.8, 4) is 0 Å². The highest BCUT2D eigenvalue weighted by Gasteiger charge is 2.10. The smallest absolute Gasteiger partial charge is 0.253 e. The van der Waals surface area contributed by atoms with Crippen LogP contribution in [0.15, 0.2) is 18.2 Å². The van der Waals surface area contributed by atoms with Crippen LogP contribution >= 0.6 is 0 Å². The molecular formula is C23H41N3O. The first kappa shape index (κ1) is 23.3. The summed E-state index contributed by atoms with van der Waals surface area (Å²) in [4.78, 5) is 12.1. The third-order valence-corrected chi connectivity index (χ3v) is 5.20. The van der Waals surface area contributed by atoms with Crippen LogP contribution in [0.4, 0.5) is 11.4 Å². The fourth-order valence-corrected chi connectivity index (χ4v) is 3.40. The van der Waals surface area contributed by atoms with Gasteiger partial charge in [0.2, 0.25) is 0 Å². The SMILES string of the molecule is CCCCCCCCCCCCCCCCNC(=O)c1cccc(N)c1N. The Kier molecular flexibility index (Phi) is 13.3. The Morgan fingerprint density at radius 2 is 1.26 bits per heavy atom. The van der Waals surface area contributed by atoms with Gasteiger partial charge in [-0.05, 0) is 18.6 Å². The summed E-state index contributed by atoms with van der Waals surface area (Å²) >= 11 is 0. The van der Waals surface area contributed by atoms with Crippen molar-refractivity contribution in [3.63, 3.8) is 0 Å². The third kappa shape index (κ3) is 10.9. The van der Waals surface area contributed by atoms with E-state index in [9.17, 15) is 4.79 Å². The minimum absolute atomic E-state index is 0.130. The van der Waals surface area contributed by atoms with Gasteiger partial charge >= 0.3 is 0 Å². The predicted molar refractivity (Wildman–Crippen MR) is 118 cm³/mol. The molecular weight excluding hydrogens is 334 g/mol. The second-order valence-electron chi connectivity index (χ2n) is 7.66. The molecule has 154 valence electrons. The van der Waals surface area contributed by atoms with E-state index in [-0.39, 0.29) is 5.91 Å². The molecule has 1 aromatic carbocycles. The molecule has 0 heterocycles. The van der Waals surface area contributed by atoms with E-state index in [0.29, 0.717) is 23.5 Å². The molecule has 1 aromatic rings. The van der Waals surface area contributed by atoms with E-state index in [0.717, 1.165) is 6.42 Å². The molecule has 0 atom stereocenters. The Bertz CT molecular complexity index is 516. The monoisotopic (exact) mass is 375 g/mol. The number of hydrogen-bond acceptors (Lipinski definition) is 3. The van der Waals surface area contributed by atoms with E-state index >= 15 is 0 Å². The summed E-state index contributed by atoms with van der Waals surface area (Å²) in [7, 11) is 0. The summed E-state index contributed by atoms with van der Waals surface area (Å²) < 4.78 is 0. The van der Waals surface area contributed by atoms with Gasteiger partial charge in [-0.25, -0.2) is 0 Å². The Labute approximate surface area is 166 Å². The maximum Gasteiger partial charge on any atom is 0.253 e. The van der Waals surface area contributed by atoms with Gasteiger partial charge in [0.1, 0.15) is 0 Å². The van der Waals surface area contributed by atoms with Gasteiger partial charge in [0.05, 0.1) is 16.9 Å². The Hall–Kier alpha value is -1.71. The molecule has 0 aliphatic heterocycles. The minimum Gasteiger partial charge on any atom is -0.397 e. The molecule has 0 fully saturated rings. The Morgan fingerprint density at radius 3 is 1.78 bits per heavy atom. The summed E-state index contributed by atoms with van der Waals surface area (Å²) in [6.45, 7) is 2.97. The van der Waals surface area contributed by atoms with Crippen molar-refractivity contribution in [2.24, 2.45) is 0 Å². The molecule has 0 bridgehead atoms. The second-order valence-corrected chi connectivity index (χ2v) is 7.66. The molecule has 4 nitrogen and oxygen atoms in total. The molecule has 27 heavy (non-hydrogen) atoms. The van der Waals surface area contributed by atoms with E-state index in [1.807, 2.05) is 0 Å². The first-order valence-electron chi connectivity index (χ1n) is 11.1. The van der Waals surface area contributed by atoms with Crippen LogP contribution in [0, 0.1) is 0 Å². The third-order valence-electron chi connectivity index (χ3n) is 5.20. The first-order chi connectivity index (χ1) is 13.2. The molecule has 0 unspecified atom stereocenters. The predicted octanol–water partition coefficient (Wildman–Crippen LogP) is 6.06. The highest BCUT2D eigenvalue weighted by molar-refractivity contribution is 6.01. The van der Waals surface area contributed by atoms with Crippen molar-refractivity contribution in [3.05, 3.63) is 23.8 Å². The van der Waals surface area contributed by atoms with Crippen LogP contribution in [0.5, 0.6) is 0 Å². The van der Waals surface area contributed by atoms with Crippen LogP contribution in [-0.2, 0) is 0 Å². The lowest BCUT2D eigenvalue weighted by Crippen LogP contribution is -2.25. The van der Waals surface area contributed by atoms with Crippen LogP contribution in [0.3, 0.4) is 0 Å². The molecule has 0 saturated heterocycles. The van der Waals surface area contributed by atoms with Gasteiger partial charge in [0.25, 0.3) is 5.91 Å². The zero-order chi connectivity index (χ0) is 19.7. The minimum atomic E-state index is -0.130. The molecule has 4 heteroatoms. The van der Waals surface area contributed by atoms with Crippen LogP contribution in [0.2, 0.25) is 0 Å². The number of nitrogens with two attached hydrogens (primary N) is 2. The van der Waals surface area contributed by atoms with Gasteiger partial charge in [-0.3, -0.25) is 4.79 Å². The lowest BCUT2D eigenvalue weighted by atomic mass is 10.0. The Morgan fingerprint density at radius 1 is 0.778 bits per heavy atom. The maximum absolute atomic E-state index is 12.1. The van der Waals surface area contributed by atoms with E-state index in [1.165, 1.54) is 83.5 Å². The lowest BCUT2D eigenvalue weighted by molar-refractivity contribution is 0.0954. The number of nitrogens with one attached hydrogen (secondary N) is 1. The number of carbonyl (C=O) groups is 1. The lowest BCUT2D eigenvalue weighted by Gasteiger charge is -2.09. The molecule has 0 radical (unpaired) electrons. The van der Waals surface area contributed by atoms with Gasteiger partial charge in [-0.2, -0.15) is 0 Å². The number of benzene rings is 1. The van der Waals surface area contributed by atoms with E-state index in [1.54, 1.807) is 18.2 Å². The average molecular weight is 376 g/mol. The van der Waals surface area contributed by atoms with Crippen LogP contribution in [0.25, 0.3) is 0 Å². The number of rotatable bonds is 16. The summed E-state index contributed by atoms with van der Waals surface area (Å²) in [6, 6.07) is 5.18. The summed E-state index contributed by atoms with van der Waals surface area (Å²) in [6.07, 6.45) is 18.7. The van der Waals surface area contributed by atoms with Crippen molar-refractivity contribution in [1.29, 1.82) is 0 Å². The molecule has 0 aliphatic rings. The fourth-order valence-electron chi connectivity index (χ4n) is 3.40. The molecule has 0 aromatic heterocycles. The number of anilines is 2. The van der Waals surface area contributed by atoms with Gasteiger partial charge in [-0.1, -0.05) is 96.5 Å². The van der Waals surface area contributed by atoms with Crippen molar-refractivity contribution < 1.29 is 4.79 Å². The van der Waals surface area contributed by atoms with Crippen LogP contribution in [0.1, 0.15) is 107 Å². The van der Waals surface area contributed by atoms with Crippen molar-refractivity contribution in [2.45, 2.75) is 96.8 Å². The second kappa shape index (κ2) is 15.4. The molecule has 5 N–H and O–H groups in total. The van der Waals surface area contributed by atoms with E-state index < -0.39 is 0 Å². The molecule has 0 saturated carbocycles. The zero-order valence-electron chi connectivity index (χ0n) is 17.4. The number of para-hydroxylation sites is 1. The zero-order valence-corrected chi connectivity index (χ0v) is 17.4. The van der Waals surface area contributed by atoms with Crippen LogP contribution < -0.4 is 16.8 Å². The number of unbranched alkanes of at least 4 members (excludes halogenated alkanes) is 13. The van der Waals surface area contributed by atoms with Gasteiger partial charge in [0, 0.05) is 6.54 Å². The number of nitrogen functional groups attached to an aromatic ring is 2. The summed E-state index contributed by atoms with van der Waals surface area (Å²) in [5.41, 5.74) is 12.9. The number of hydrogen-bond donors (Lipinski definition) is 3. The van der Waals surface area contributed by atoms with Gasteiger partial charge in [-0.15, -0.1) is 0 Å². The molecule has 1 rings (SSSR count). The van der Waals surface area contributed by atoms with Crippen molar-refractivity contribution >= 4 is 17.3 Å². The standard InChI is InChI=1S/C23H41N3O/c1-2-3-4-5-6-7-8-9-10-11-12-13-14-15-19-26-23(27)20-17-16-18-21(24)22(20)25/h16-18H,2-15,19,24-25H2,1H3,(H,26,27). The van der Waals surface area contributed by atoms with Crippen LogP contribution in [-0.4, -0.2) is 12.5 Å². The highest BCUT2D eigenvalue weighted by Crippen LogP contribution is 2.19. The summed E-state index contributed by atoms with van der Waals surface area (Å²) in [5, 5.41) is 2.94. The summed E-state index contributed by atoms with van der Waals surface area (Å²) in [5.74, 6) is -0.130. The Balaban J connectivity index is 1.89. The quantitative estimate of drug-likeness (QED) is 0.242. The first-order valence-corrected chi connectivity index (χ1v) is 11.1. The maximum atomic E-state index is 12.1. The molecule has 0 aliphatic carbocycles. The highest BCUT2D eigenvalue weighted by atomic mass is 16.1. The topological polar surface area (TPSA) is 81.1 Å². The number of amides is 1. The molecule has 0 spiro atoms.